The Hall–Kier alpha value is -3.23. The van der Waals surface area contributed by atoms with Crippen LogP contribution in [0.2, 0.25) is 0 Å². The molecule has 174 valence electrons. The van der Waals surface area contributed by atoms with Crippen molar-refractivity contribution in [3.63, 3.8) is 0 Å². The lowest BCUT2D eigenvalue weighted by Crippen LogP contribution is -2.53. The molecule has 7 nitrogen and oxygen atoms in total. The van der Waals surface area contributed by atoms with Crippen LogP contribution in [0.3, 0.4) is 0 Å². The molecule has 1 fully saturated rings. The summed E-state index contributed by atoms with van der Waals surface area (Å²) in [5.41, 5.74) is 1.28. The highest BCUT2D eigenvalue weighted by Gasteiger charge is 2.22. The Morgan fingerprint density at radius 2 is 1.69 bits per heavy atom. The summed E-state index contributed by atoms with van der Waals surface area (Å²) in [7, 11) is 6.51. The average molecular weight is 449 g/mol. The number of hydrogen-bond donors (Lipinski definition) is 1. The van der Waals surface area contributed by atoms with Crippen molar-refractivity contribution in [3.05, 3.63) is 47.5 Å². The predicted molar refractivity (Wildman–Crippen MR) is 121 cm³/mol. The Morgan fingerprint density at radius 3 is 2.31 bits per heavy atom. The molecule has 1 N–H and O–H groups in total. The smallest absolute Gasteiger partial charge is 0.203 e. The molecule has 0 atom stereocenters. The van der Waals surface area contributed by atoms with E-state index in [1.54, 1.807) is 28.4 Å². The number of methoxy groups -OCH3 is 3. The second-order valence-electron chi connectivity index (χ2n) is 7.29. The summed E-state index contributed by atoms with van der Waals surface area (Å²) in [6.45, 7) is 3.08. The highest BCUT2D eigenvalue weighted by Crippen LogP contribution is 2.39. The van der Waals surface area contributed by atoms with Gasteiger partial charge in [-0.05, 0) is 24.6 Å². The Kier molecular flexibility index (Phi) is 7.97. The number of rotatable bonds is 7. The van der Waals surface area contributed by atoms with Crippen LogP contribution in [0.4, 0.5) is 14.5 Å². The van der Waals surface area contributed by atoms with E-state index in [0.717, 1.165) is 17.6 Å². The van der Waals surface area contributed by atoms with Gasteiger partial charge in [0.2, 0.25) is 5.75 Å². The fraction of sp³-hybridized carbons (Fsp3) is 0.435. The van der Waals surface area contributed by atoms with Crippen LogP contribution in [0, 0.1) is 11.6 Å². The van der Waals surface area contributed by atoms with E-state index < -0.39 is 11.6 Å². The lowest BCUT2D eigenvalue weighted by atomic mass is 10.1. The van der Waals surface area contributed by atoms with Gasteiger partial charge in [-0.1, -0.05) is 6.07 Å². The molecule has 2 aromatic rings. The summed E-state index contributed by atoms with van der Waals surface area (Å²) in [5.74, 6) is 1.75. The van der Waals surface area contributed by atoms with E-state index in [9.17, 15) is 8.78 Å². The van der Waals surface area contributed by atoms with Gasteiger partial charge in [0.15, 0.2) is 17.5 Å². The molecular formula is C23H30F2N4O3. The topological polar surface area (TPSA) is 58.6 Å². The zero-order valence-corrected chi connectivity index (χ0v) is 19.0. The van der Waals surface area contributed by atoms with Gasteiger partial charge in [0, 0.05) is 51.4 Å². The van der Waals surface area contributed by atoms with Crippen molar-refractivity contribution < 1.29 is 23.0 Å². The molecule has 0 bridgehead atoms. The lowest BCUT2D eigenvalue weighted by molar-refractivity contribution is 0.322. The van der Waals surface area contributed by atoms with E-state index in [1.165, 1.54) is 12.1 Å². The van der Waals surface area contributed by atoms with Crippen molar-refractivity contribution in [1.82, 2.24) is 10.2 Å². The first-order valence-corrected chi connectivity index (χ1v) is 10.5. The van der Waals surface area contributed by atoms with Gasteiger partial charge in [0.05, 0.1) is 27.0 Å². The van der Waals surface area contributed by atoms with E-state index in [0.29, 0.717) is 62.1 Å². The fourth-order valence-electron chi connectivity index (χ4n) is 3.89. The standard InChI is InChI=1S/C23H30F2N4O3/c1-26-23(27-10-9-16-5-8-20(30-2)22(32-4)21(16)31-3)29-13-11-28(12-14-29)19-15-17(24)6-7-18(19)25/h5-8,15H,9-14H2,1-4H3,(H,26,27). The number of aliphatic imine (C=N–C) groups is 1. The molecule has 9 heteroatoms. The second-order valence-corrected chi connectivity index (χ2v) is 7.29. The lowest BCUT2D eigenvalue weighted by Gasteiger charge is -2.37. The summed E-state index contributed by atoms with van der Waals surface area (Å²) in [6.07, 6.45) is 0.691. The van der Waals surface area contributed by atoms with Crippen LogP contribution in [0.25, 0.3) is 0 Å². The van der Waals surface area contributed by atoms with E-state index in [-0.39, 0.29) is 0 Å². The van der Waals surface area contributed by atoms with Crippen molar-refractivity contribution in [2.24, 2.45) is 4.99 Å². The molecule has 1 aliphatic rings. The third-order valence-corrected chi connectivity index (χ3v) is 5.50. The molecule has 3 rings (SSSR count). The average Bonchev–Trinajstić information content (AvgIpc) is 2.83. The summed E-state index contributed by atoms with van der Waals surface area (Å²) in [6, 6.07) is 7.36. The van der Waals surface area contributed by atoms with Gasteiger partial charge in [-0.25, -0.2) is 8.78 Å². The minimum Gasteiger partial charge on any atom is -0.493 e. The van der Waals surface area contributed by atoms with Crippen molar-refractivity contribution >= 4 is 11.6 Å². The predicted octanol–water partition coefficient (Wildman–Crippen LogP) is 2.93. The third kappa shape index (κ3) is 5.15. The molecule has 0 spiro atoms. The van der Waals surface area contributed by atoms with E-state index >= 15 is 0 Å². The normalized spacial score (nSPS) is 14.4. The monoisotopic (exact) mass is 448 g/mol. The molecule has 0 radical (unpaired) electrons. The summed E-state index contributed by atoms with van der Waals surface area (Å²) < 4.78 is 43.9. The van der Waals surface area contributed by atoms with Crippen LogP contribution in [0.5, 0.6) is 17.2 Å². The minimum atomic E-state index is -0.438. The molecule has 0 amide bonds. The number of ether oxygens (including phenoxy) is 3. The molecular weight excluding hydrogens is 418 g/mol. The Balaban J connectivity index is 1.58. The van der Waals surface area contributed by atoms with Gasteiger partial charge in [-0.3, -0.25) is 4.99 Å². The van der Waals surface area contributed by atoms with Crippen molar-refractivity contribution in [2.75, 3.05) is 66.0 Å². The van der Waals surface area contributed by atoms with Gasteiger partial charge < -0.3 is 29.3 Å². The Morgan fingerprint density at radius 1 is 0.969 bits per heavy atom. The molecule has 2 aromatic carbocycles. The van der Waals surface area contributed by atoms with Crippen molar-refractivity contribution in [1.29, 1.82) is 0 Å². The van der Waals surface area contributed by atoms with Crippen LogP contribution in [0.15, 0.2) is 35.3 Å². The molecule has 32 heavy (non-hydrogen) atoms. The summed E-state index contributed by atoms with van der Waals surface area (Å²) >= 11 is 0. The van der Waals surface area contributed by atoms with Crippen LogP contribution >= 0.6 is 0 Å². The van der Waals surface area contributed by atoms with Crippen molar-refractivity contribution in [3.8, 4) is 17.2 Å². The van der Waals surface area contributed by atoms with E-state index in [1.807, 2.05) is 17.0 Å². The van der Waals surface area contributed by atoms with Crippen LogP contribution < -0.4 is 24.4 Å². The summed E-state index contributed by atoms with van der Waals surface area (Å²) in [5, 5.41) is 3.38. The Labute approximate surface area is 187 Å². The zero-order chi connectivity index (χ0) is 23.1. The van der Waals surface area contributed by atoms with Crippen LogP contribution in [0.1, 0.15) is 5.56 Å². The highest BCUT2D eigenvalue weighted by atomic mass is 19.1. The zero-order valence-electron chi connectivity index (χ0n) is 19.0. The number of halogens is 2. The van der Waals surface area contributed by atoms with Gasteiger partial charge in [0.25, 0.3) is 0 Å². The molecule has 0 saturated carbocycles. The summed E-state index contributed by atoms with van der Waals surface area (Å²) in [4.78, 5) is 8.35. The number of guanidine groups is 1. The number of piperazine rings is 1. The van der Waals surface area contributed by atoms with Gasteiger partial charge in [-0.2, -0.15) is 0 Å². The van der Waals surface area contributed by atoms with Gasteiger partial charge >= 0.3 is 0 Å². The first kappa shape index (κ1) is 23.4. The van der Waals surface area contributed by atoms with Gasteiger partial charge in [0.1, 0.15) is 11.6 Å². The first-order valence-electron chi connectivity index (χ1n) is 10.5. The number of nitrogens with one attached hydrogen (secondary N) is 1. The maximum Gasteiger partial charge on any atom is 0.203 e. The first-order chi connectivity index (χ1) is 15.5. The maximum absolute atomic E-state index is 14.1. The molecule has 1 saturated heterocycles. The highest BCUT2D eigenvalue weighted by molar-refractivity contribution is 5.80. The quantitative estimate of drug-likeness (QED) is 0.519. The maximum atomic E-state index is 14.1. The number of hydrogen-bond acceptors (Lipinski definition) is 5. The number of nitrogens with zero attached hydrogens (tertiary/aromatic N) is 3. The fourth-order valence-corrected chi connectivity index (χ4v) is 3.89. The van der Waals surface area contributed by atoms with Crippen LogP contribution in [-0.4, -0.2) is 72.0 Å². The number of anilines is 1. The number of benzene rings is 2. The van der Waals surface area contributed by atoms with Gasteiger partial charge in [-0.15, -0.1) is 0 Å². The Bertz CT molecular complexity index is 947. The molecule has 0 unspecified atom stereocenters. The van der Waals surface area contributed by atoms with E-state index in [2.05, 4.69) is 15.2 Å². The minimum absolute atomic E-state index is 0.299. The van der Waals surface area contributed by atoms with Crippen molar-refractivity contribution in [2.45, 2.75) is 6.42 Å². The van der Waals surface area contributed by atoms with Crippen LogP contribution in [-0.2, 0) is 6.42 Å². The molecule has 1 aliphatic heterocycles. The van der Waals surface area contributed by atoms with E-state index in [4.69, 9.17) is 14.2 Å². The SMILES string of the molecule is CN=C(NCCc1ccc(OC)c(OC)c1OC)N1CCN(c2cc(F)ccc2F)CC1. The second kappa shape index (κ2) is 10.9. The molecule has 1 heterocycles. The molecule has 0 aliphatic carbocycles. The largest absolute Gasteiger partial charge is 0.493 e. The third-order valence-electron chi connectivity index (χ3n) is 5.50. The molecule has 0 aromatic heterocycles.